The molecule has 2 aromatic heterocycles. The highest BCUT2D eigenvalue weighted by Gasteiger charge is 2.10. The first-order valence-corrected chi connectivity index (χ1v) is 6.39. The molecule has 0 atom stereocenters. The summed E-state index contributed by atoms with van der Waals surface area (Å²) in [6.45, 7) is 1.43. The molecule has 6 nitrogen and oxygen atoms in total. The Morgan fingerprint density at radius 2 is 2.21 bits per heavy atom. The number of Topliss-reactive ketones (excluding diaryl/α,β-unsaturated/α-hetero) is 1. The summed E-state index contributed by atoms with van der Waals surface area (Å²) in [5, 5.41) is 4.64. The molecule has 2 rings (SSSR count). The third-order valence-corrected chi connectivity index (χ3v) is 3.06. The maximum atomic E-state index is 11.7. The first-order valence-electron chi connectivity index (χ1n) is 5.51. The van der Waals surface area contributed by atoms with Crippen molar-refractivity contribution in [2.45, 2.75) is 13.3 Å². The lowest BCUT2D eigenvalue weighted by atomic mass is 10.2. The molecule has 0 aliphatic heterocycles. The fourth-order valence-electron chi connectivity index (χ4n) is 1.36. The van der Waals surface area contributed by atoms with Crippen LogP contribution in [0.1, 0.15) is 23.1 Å². The summed E-state index contributed by atoms with van der Waals surface area (Å²) in [5.41, 5.74) is 7.03. The number of amides is 1. The molecule has 98 valence electrons. The number of hydrogen-bond acceptors (Lipinski definition) is 6. The van der Waals surface area contributed by atoms with E-state index in [4.69, 9.17) is 5.73 Å². The second-order valence-electron chi connectivity index (χ2n) is 3.90. The Labute approximate surface area is 113 Å². The van der Waals surface area contributed by atoms with Gasteiger partial charge in [0, 0.05) is 18.0 Å². The van der Waals surface area contributed by atoms with E-state index in [0.29, 0.717) is 22.2 Å². The molecule has 0 spiro atoms. The fourth-order valence-corrected chi connectivity index (χ4v) is 2.13. The van der Waals surface area contributed by atoms with E-state index in [9.17, 15) is 9.59 Å². The predicted molar refractivity (Wildman–Crippen MR) is 73.1 cm³/mol. The Kier molecular flexibility index (Phi) is 3.86. The molecule has 3 N–H and O–H groups in total. The number of aromatic nitrogens is 2. The quantitative estimate of drug-likeness (QED) is 0.825. The number of nitrogen functional groups attached to an aromatic ring is 1. The van der Waals surface area contributed by atoms with E-state index in [2.05, 4.69) is 15.3 Å². The van der Waals surface area contributed by atoms with Gasteiger partial charge in [-0.3, -0.25) is 14.6 Å². The van der Waals surface area contributed by atoms with Crippen molar-refractivity contribution in [2.75, 3.05) is 11.1 Å². The predicted octanol–water partition coefficient (Wildman–Crippen LogP) is 1.50. The number of nitrogens with two attached hydrogens (primary N) is 1. The highest BCUT2D eigenvalue weighted by Crippen LogP contribution is 2.16. The highest BCUT2D eigenvalue weighted by molar-refractivity contribution is 7.14. The van der Waals surface area contributed by atoms with Crippen molar-refractivity contribution in [1.29, 1.82) is 0 Å². The van der Waals surface area contributed by atoms with Gasteiger partial charge in [0.15, 0.2) is 10.9 Å². The molecule has 0 saturated carbocycles. The van der Waals surface area contributed by atoms with Crippen molar-refractivity contribution in [3.63, 3.8) is 0 Å². The van der Waals surface area contributed by atoms with Crippen LogP contribution in [0.2, 0.25) is 0 Å². The minimum atomic E-state index is -0.235. The normalized spacial score (nSPS) is 10.2. The van der Waals surface area contributed by atoms with Crippen molar-refractivity contribution >= 4 is 33.8 Å². The minimum absolute atomic E-state index is 0.128. The standard InChI is InChI=1S/C12H12N4O2S/c1-7(17)10-6-19-12(15-10)16-11(18)4-9-3-2-8(13)5-14-9/h2-3,5-6H,4,13H2,1H3,(H,15,16,18). The third-order valence-electron chi connectivity index (χ3n) is 2.30. The van der Waals surface area contributed by atoms with Gasteiger partial charge in [0.05, 0.1) is 18.3 Å². The van der Waals surface area contributed by atoms with E-state index in [-0.39, 0.29) is 18.1 Å². The van der Waals surface area contributed by atoms with Gasteiger partial charge in [-0.25, -0.2) is 4.98 Å². The Morgan fingerprint density at radius 1 is 1.42 bits per heavy atom. The number of carbonyl (C=O) groups excluding carboxylic acids is 2. The van der Waals surface area contributed by atoms with Gasteiger partial charge in [0.25, 0.3) is 0 Å². The summed E-state index contributed by atoms with van der Waals surface area (Å²) >= 11 is 1.21. The summed E-state index contributed by atoms with van der Waals surface area (Å²) in [6, 6.07) is 3.38. The number of rotatable bonds is 4. The van der Waals surface area contributed by atoms with E-state index in [1.54, 1.807) is 17.5 Å². The number of hydrogen-bond donors (Lipinski definition) is 2. The van der Waals surface area contributed by atoms with Crippen LogP contribution in [0.5, 0.6) is 0 Å². The highest BCUT2D eigenvalue weighted by atomic mass is 32.1. The zero-order chi connectivity index (χ0) is 13.8. The van der Waals surface area contributed by atoms with Gasteiger partial charge in [-0.1, -0.05) is 0 Å². The average molecular weight is 276 g/mol. The summed E-state index contributed by atoms with van der Waals surface area (Å²) < 4.78 is 0. The smallest absolute Gasteiger partial charge is 0.232 e. The maximum Gasteiger partial charge on any atom is 0.232 e. The van der Waals surface area contributed by atoms with Gasteiger partial charge in [0.2, 0.25) is 5.91 Å². The zero-order valence-electron chi connectivity index (χ0n) is 10.2. The van der Waals surface area contributed by atoms with Gasteiger partial charge < -0.3 is 11.1 Å². The Bertz CT molecular complexity index is 606. The number of pyridine rings is 1. The Balaban J connectivity index is 1.97. The molecule has 0 fully saturated rings. The van der Waals surface area contributed by atoms with Gasteiger partial charge >= 0.3 is 0 Å². The van der Waals surface area contributed by atoms with Crippen LogP contribution >= 0.6 is 11.3 Å². The van der Waals surface area contributed by atoms with Crippen molar-refractivity contribution in [3.8, 4) is 0 Å². The lowest BCUT2D eigenvalue weighted by molar-refractivity contribution is -0.115. The first-order chi connectivity index (χ1) is 9.04. The van der Waals surface area contributed by atoms with Crippen LogP contribution < -0.4 is 11.1 Å². The van der Waals surface area contributed by atoms with Crippen molar-refractivity contribution in [1.82, 2.24) is 9.97 Å². The van der Waals surface area contributed by atoms with Crippen LogP contribution in [0.4, 0.5) is 10.8 Å². The van der Waals surface area contributed by atoms with Gasteiger partial charge in [-0.05, 0) is 12.1 Å². The van der Waals surface area contributed by atoms with Crippen LogP contribution in [-0.4, -0.2) is 21.7 Å². The Hall–Kier alpha value is -2.28. The molecule has 0 aliphatic rings. The molecular weight excluding hydrogens is 264 g/mol. The molecule has 0 unspecified atom stereocenters. The van der Waals surface area contributed by atoms with E-state index in [1.165, 1.54) is 24.5 Å². The zero-order valence-corrected chi connectivity index (χ0v) is 11.0. The molecule has 0 radical (unpaired) electrons. The molecule has 0 aromatic carbocycles. The number of nitrogens with zero attached hydrogens (tertiary/aromatic N) is 2. The monoisotopic (exact) mass is 276 g/mol. The molecule has 1 amide bonds. The Morgan fingerprint density at radius 3 is 2.79 bits per heavy atom. The lowest BCUT2D eigenvalue weighted by Gasteiger charge is -2.01. The molecule has 0 saturated heterocycles. The maximum absolute atomic E-state index is 11.7. The molecule has 2 aromatic rings. The fraction of sp³-hybridized carbons (Fsp3) is 0.167. The molecule has 2 heterocycles. The summed E-state index contributed by atoms with van der Waals surface area (Å²) in [4.78, 5) is 30.9. The van der Waals surface area contributed by atoms with Crippen LogP contribution in [0.3, 0.4) is 0 Å². The minimum Gasteiger partial charge on any atom is -0.397 e. The number of thiazole rings is 1. The van der Waals surface area contributed by atoms with Gasteiger partial charge in [0.1, 0.15) is 5.69 Å². The topological polar surface area (TPSA) is 98.0 Å². The van der Waals surface area contributed by atoms with Gasteiger partial charge in [-0.15, -0.1) is 11.3 Å². The summed E-state index contributed by atoms with van der Waals surface area (Å²) in [6.07, 6.45) is 1.63. The number of nitrogens with one attached hydrogen (secondary N) is 1. The molecular formula is C12H12N4O2S. The summed E-state index contributed by atoms with van der Waals surface area (Å²) in [7, 11) is 0. The van der Waals surface area contributed by atoms with Crippen molar-refractivity contribution < 1.29 is 9.59 Å². The van der Waals surface area contributed by atoms with E-state index >= 15 is 0 Å². The second-order valence-corrected chi connectivity index (χ2v) is 4.76. The number of ketones is 1. The lowest BCUT2D eigenvalue weighted by Crippen LogP contribution is -2.15. The van der Waals surface area contributed by atoms with Crippen LogP contribution in [0.25, 0.3) is 0 Å². The van der Waals surface area contributed by atoms with E-state index in [0.717, 1.165) is 0 Å². The van der Waals surface area contributed by atoms with Crippen LogP contribution in [0.15, 0.2) is 23.7 Å². The van der Waals surface area contributed by atoms with E-state index in [1.807, 2.05) is 0 Å². The van der Waals surface area contributed by atoms with Crippen molar-refractivity contribution in [3.05, 3.63) is 35.1 Å². The third kappa shape index (κ3) is 3.59. The second kappa shape index (κ2) is 5.57. The van der Waals surface area contributed by atoms with Gasteiger partial charge in [-0.2, -0.15) is 0 Å². The number of anilines is 2. The van der Waals surface area contributed by atoms with Crippen LogP contribution in [-0.2, 0) is 11.2 Å². The van der Waals surface area contributed by atoms with Crippen molar-refractivity contribution in [2.24, 2.45) is 0 Å². The first kappa shape index (κ1) is 13.2. The molecule has 19 heavy (non-hydrogen) atoms. The SMILES string of the molecule is CC(=O)c1csc(NC(=O)Cc2ccc(N)cn2)n1. The largest absolute Gasteiger partial charge is 0.397 e. The average Bonchev–Trinajstić information content (AvgIpc) is 2.80. The number of carbonyl (C=O) groups is 2. The molecule has 0 aliphatic carbocycles. The summed E-state index contributed by atoms with van der Waals surface area (Å²) in [5.74, 6) is -0.362. The van der Waals surface area contributed by atoms with E-state index < -0.39 is 0 Å². The van der Waals surface area contributed by atoms with Crippen LogP contribution in [0, 0.1) is 0 Å². The molecule has 7 heteroatoms. The molecule has 0 bridgehead atoms.